The van der Waals surface area contributed by atoms with E-state index in [1.165, 1.54) is 15.8 Å². The summed E-state index contributed by atoms with van der Waals surface area (Å²) in [5, 5.41) is 24.8. The second-order valence-electron chi connectivity index (χ2n) is 12.9. The van der Waals surface area contributed by atoms with E-state index < -0.39 is 68.1 Å². The van der Waals surface area contributed by atoms with Crippen LogP contribution in [0.15, 0.2) is 43.0 Å². The number of amides is 2. The summed E-state index contributed by atoms with van der Waals surface area (Å²) in [6, 6.07) is 6.42. The fourth-order valence-corrected chi connectivity index (χ4v) is 8.03. The minimum absolute atomic E-state index is 0.00417. The molecule has 2 aromatic rings. The van der Waals surface area contributed by atoms with Crippen LogP contribution in [0.4, 0.5) is 0 Å². The molecule has 232 valence electrons. The number of carbonyl (C=O) groups is 3. The third-order valence-corrected chi connectivity index (χ3v) is 10.7. The first kappa shape index (κ1) is 30.8. The number of carbonyl (C=O) groups excluding carboxylic acids is 2. The van der Waals surface area contributed by atoms with Crippen molar-refractivity contribution in [3.63, 3.8) is 0 Å². The molecule has 1 aliphatic heterocycles. The lowest BCUT2D eigenvalue weighted by atomic mass is 9.86. The number of benzene rings is 1. The second-order valence-corrected chi connectivity index (χ2v) is 14.9. The summed E-state index contributed by atoms with van der Waals surface area (Å²) in [5.41, 5.74) is -1.58. The van der Waals surface area contributed by atoms with E-state index in [9.17, 15) is 27.9 Å². The monoisotopic (exact) mass is 613 g/mol. The standard InChI is InChI=1S/C29H39N7O6S/c1-5-19-16-29(19,27(39)40)30-25(37)22-15-20(36-32-24(31-34-36)18-11-7-6-8-12-18)17-35(22)26(38)23(28(2,3)4)33-43(41,42)21-13-9-10-14-21/h5-8,11-12,19-23,33H,1,9-10,13-17H2,2-4H3,(H,30,37)(H,39,40). The van der Waals surface area contributed by atoms with E-state index in [0.717, 1.165) is 18.4 Å². The molecular weight excluding hydrogens is 574 g/mol. The highest BCUT2D eigenvalue weighted by Gasteiger charge is 2.61. The van der Waals surface area contributed by atoms with E-state index in [-0.39, 0.29) is 19.4 Å². The molecule has 1 saturated heterocycles. The molecule has 0 spiro atoms. The molecule has 3 N–H and O–H groups in total. The average molecular weight is 614 g/mol. The predicted octanol–water partition coefficient (Wildman–Crippen LogP) is 1.90. The number of likely N-dealkylation sites (tertiary alicyclic amines) is 1. The van der Waals surface area contributed by atoms with Crippen LogP contribution in [-0.2, 0) is 24.4 Å². The fourth-order valence-electron chi connectivity index (χ4n) is 6.10. The quantitative estimate of drug-likeness (QED) is 0.338. The Balaban J connectivity index is 1.45. The lowest BCUT2D eigenvalue weighted by Gasteiger charge is -2.36. The number of hydrogen-bond donors (Lipinski definition) is 3. The molecule has 1 aromatic heterocycles. The minimum atomic E-state index is -3.82. The van der Waals surface area contributed by atoms with E-state index in [2.05, 4.69) is 32.0 Å². The molecule has 2 saturated carbocycles. The Morgan fingerprint density at radius 1 is 1.16 bits per heavy atom. The highest BCUT2D eigenvalue weighted by molar-refractivity contribution is 7.90. The van der Waals surface area contributed by atoms with Gasteiger partial charge in [0.1, 0.15) is 17.6 Å². The molecule has 3 fully saturated rings. The molecule has 43 heavy (non-hydrogen) atoms. The maximum atomic E-state index is 14.3. The minimum Gasteiger partial charge on any atom is -0.479 e. The van der Waals surface area contributed by atoms with Crippen LogP contribution in [-0.4, -0.2) is 85.8 Å². The van der Waals surface area contributed by atoms with Gasteiger partial charge in [0.2, 0.25) is 27.7 Å². The van der Waals surface area contributed by atoms with Gasteiger partial charge < -0.3 is 15.3 Å². The van der Waals surface area contributed by atoms with Crippen molar-refractivity contribution in [3.8, 4) is 11.4 Å². The molecule has 14 heteroatoms. The summed E-state index contributed by atoms with van der Waals surface area (Å²) in [4.78, 5) is 42.8. The molecule has 5 atom stereocenters. The summed E-state index contributed by atoms with van der Waals surface area (Å²) in [6.45, 7) is 8.97. The lowest BCUT2D eigenvalue weighted by molar-refractivity contribution is -0.146. The normalized spacial score (nSPS) is 26.7. The number of carboxylic acids is 1. The second kappa shape index (κ2) is 11.5. The Labute approximate surface area is 251 Å². The SMILES string of the molecule is C=CC1CC1(NC(=O)C1CC(n2nnc(-c3ccccc3)n2)CN1C(=O)C(NS(=O)(=O)C1CCCC1)C(C)(C)C)C(=O)O. The van der Waals surface area contributed by atoms with Crippen molar-refractivity contribution in [1.29, 1.82) is 0 Å². The highest BCUT2D eigenvalue weighted by atomic mass is 32.2. The number of aliphatic carboxylic acids is 1. The zero-order chi connectivity index (χ0) is 31.2. The lowest BCUT2D eigenvalue weighted by Crippen LogP contribution is -2.59. The van der Waals surface area contributed by atoms with Crippen molar-refractivity contribution in [2.75, 3.05) is 6.54 Å². The van der Waals surface area contributed by atoms with E-state index >= 15 is 0 Å². The van der Waals surface area contributed by atoms with Crippen LogP contribution in [0.3, 0.4) is 0 Å². The number of nitrogens with zero attached hydrogens (tertiary/aromatic N) is 5. The maximum absolute atomic E-state index is 14.3. The first-order chi connectivity index (χ1) is 20.3. The number of aromatic nitrogens is 4. The molecule has 5 unspecified atom stereocenters. The van der Waals surface area contributed by atoms with Gasteiger partial charge in [-0.25, -0.2) is 17.9 Å². The van der Waals surface area contributed by atoms with Gasteiger partial charge in [0, 0.05) is 24.4 Å². The number of nitrogens with one attached hydrogen (secondary N) is 2. The number of hydrogen-bond acceptors (Lipinski definition) is 8. The topological polar surface area (TPSA) is 176 Å². The van der Waals surface area contributed by atoms with Gasteiger partial charge in [-0.3, -0.25) is 9.59 Å². The van der Waals surface area contributed by atoms with Gasteiger partial charge in [-0.05, 0) is 29.9 Å². The molecule has 2 amide bonds. The third-order valence-electron chi connectivity index (χ3n) is 8.81. The first-order valence-electron chi connectivity index (χ1n) is 14.6. The van der Waals surface area contributed by atoms with Crippen molar-refractivity contribution in [3.05, 3.63) is 43.0 Å². The van der Waals surface area contributed by atoms with E-state index in [4.69, 9.17) is 0 Å². The molecule has 13 nitrogen and oxygen atoms in total. The van der Waals surface area contributed by atoms with Crippen molar-refractivity contribution in [1.82, 2.24) is 35.1 Å². The number of rotatable bonds is 10. The van der Waals surface area contributed by atoms with Crippen molar-refractivity contribution < 1.29 is 27.9 Å². The average Bonchev–Trinajstić information content (AvgIpc) is 3.46. The van der Waals surface area contributed by atoms with Gasteiger partial charge in [0.15, 0.2) is 0 Å². The van der Waals surface area contributed by atoms with Crippen LogP contribution in [0.2, 0.25) is 0 Å². The highest BCUT2D eigenvalue weighted by Crippen LogP contribution is 2.45. The summed E-state index contributed by atoms with van der Waals surface area (Å²) in [5.74, 6) is -2.46. The Bertz CT molecular complexity index is 1500. The molecule has 2 heterocycles. The van der Waals surface area contributed by atoms with E-state index in [1.807, 2.05) is 30.3 Å². The zero-order valence-corrected chi connectivity index (χ0v) is 25.5. The zero-order valence-electron chi connectivity index (χ0n) is 24.6. The smallest absolute Gasteiger partial charge is 0.330 e. The Hall–Kier alpha value is -3.65. The van der Waals surface area contributed by atoms with Gasteiger partial charge in [0.25, 0.3) is 0 Å². The first-order valence-corrected chi connectivity index (χ1v) is 16.2. The van der Waals surface area contributed by atoms with Gasteiger partial charge in [0.05, 0.1) is 11.3 Å². The largest absolute Gasteiger partial charge is 0.479 e. The van der Waals surface area contributed by atoms with E-state index in [0.29, 0.717) is 18.7 Å². The Morgan fingerprint density at radius 2 is 1.84 bits per heavy atom. The fraction of sp³-hybridized carbons (Fsp3) is 0.586. The van der Waals surface area contributed by atoms with Crippen molar-refractivity contribution >= 4 is 27.8 Å². The van der Waals surface area contributed by atoms with Crippen LogP contribution in [0.1, 0.15) is 65.3 Å². The van der Waals surface area contributed by atoms with Crippen LogP contribution >= 0.6 is 0 Å². The molecule has 0 bridgehead atoms. The molecule has 3 aliphatic rings. The van der Waals surface area contributed by atoms with E-state index in [1.54, 1.807) is 20.8 Å². The summed E-state index contributed by atoms with van der Waals surface area (Å²) < 4.78 is 29.3. The van der Waals surface area contributed by atoms with Crippen molar-refractivity contribution in [2.45, 2.75) is 88.2 Å². The predicted molar refractivity (Wildman–Crippen MR) is 157 cm³/mol. The van der Waals surface area contributed by atoms with Crippen LogP contribution in [0, 0.1) is 11.3 Å². The Kier molecular flexibility index (Phi) is 8.20. The van der Waals surface area contributed by atoms with Gasteiger partial charge >= 0.3 is 5.97 Å². The van der Waals surface area contributed by atoms with Gasteiger partial charge in [-0.15, -0.1) is 16.8 Å². The summed E-state index contributed by atoms with van der Waals surface area (Å²) in [6.07, 6.45) is 4.45. The molecule has 5 rings (SSSR count). The number of tetrazole rings is 1. The van der Waals surface area contributed by atoms with Crippen LogP contribution < -0.4 is 10.0 Å². The van der Waals surface area contributed by atoms with Crippen molar-refractivity contribution in [2.24, 2.45) is 11.3 Å². The summed E-state index contributed by atoms with van der Waals surface area (Å²) in [7, 11) is -3.82. The molecule has 0 radical (unpaired) electrons. The number of sulfonamides is 1. The number of carboxylic acid groups (broad SMARTS) is 1. The van der Waals surface area contributed by atoms with Crippen LogP contribution in [0.5, 0.6) is 0 Å². The van der Waals surface area contributed by atoms with Gasteiger partial charge in [-0.1, -0.05) is 70.0 Å². The van der Waals surface area contributed by atoms with Crippen LogP contribution in [0.25, 0.3) is 11.4 Å². The molecule has 1 aromatic carbocycles. The van der Waals surface area contributed by atoms with Gasteiger partial charge in [-0.2, -0.15) is 4.80 Å². The Morgan fingerprint density at radius 3 is 2.42 bits per heavy atom. The molecule has 2 aliphatic carbocycles. The summed E-state index contributed by atoms with van der Waals surface area (Å²) >= 11 is 0. The molecular formula is C29H39N7O6S. The maximum Gasteiger partial charge on any atom is 0.330 e. The third kappa shape index (κ3) is 6.07.